The Kier molecular flexibility index (Phi) is 3.48. The standard InChI is InChI=1S/C13H12ClN3OS/c14-12-7-15-10(6-16-12)13(18)17-5-9-4-8-2-1-3-11(8)19-9/h4,6-7H,1-3,5H2,(H,17,18). The number of fused-ring (bicyclic) bond motifs is 1. The van der Waals surface area contributed by atoms with Gasteiger partial charge in [-0.2, -0.15) is 0 Å². The van der Waals surface area contributed by atoms with Crippen LogP contribution < -0.4 is 5.32 Å². The lowest BCUT2D eigenvalue weighted by Crippen LogP contribution is -2.23. The molecule has 0 saturated carbocycles. The Hall–Kier alpha value is -1.46. The van der Waals surface area contributed by atoms with E-state index in [1.165, 1.54) is 47.0 Å². The van der Waals surface area contributed by atoms with Crippen molar-refractivity contribution in [2.45, 2.75) is 25.8 Å². The molecule has 0 spiro atoms. The topological polar surface area (TPSA) is 54.9 Å². The Morgan fingerprint density at radius 2 is 2.26 bits per heavy atom. The third-order valence-electron chi connectivity index (χ3n) is 3.07. The minimum absolute atomic E-state index is 0.224. The Labute approximate surface area is 119 Å². The van der Waals surface area contributed by atoms with Crippen LogP contribution in [0.3, 0.4) is 0 Å². The molecule has 0 aromatic carbocycles. The maximum Gasteiger partial charge on any atom is 0.271 e. The number of aromatic nitrogens is 2. The fourth-order valence-corrected chi connectivity index (χ4v) is 3.46. The molecule has 0 unspecified atom stereocenters. The molecule has 19 heavy (non-hydrogen) atoms. The number of carbonyl (C=O) groups is 1. The van der Waals surface area contributed by atoms with Crippen molar-refractivity contribution in [3.63, 3.8) is 0 Å². The molecule has 1 N–H and O–H groups in total. The first-order valence-electron chi connectivity index (χ1n) is 6.08. The van der Waals surface area contributed by atoms with Crippen LogP contribution >= 0.6 is 22.9 Å². The normalized spacial score (nSPS) is 13.3. The largest absolute Gasteiger partial charge is 0.346 e. The van der Waals surface area contributed by atoms with Crippen molar-refractivity contribution < 1.29 is 4.79 Å². The van der Waals surface area contributed by atoms with Crippen molar-refractivity contribution in [1.29, 1.82) is 0 Å². The van der Waals surface area contributed by atoms with E-state index >= 15 is 0 Å². The van der Waals surface area contributed by atoms with Crippen molar-refractivity contribution >= 4 is 28.8 Å². The average Bonchev–Trinajstić information content (AvgIpc) is 2.97. The van der Waals surface area contributed by atoms with Crippen LogP contribution in [0.25, 0.3) is 0 Å². The number of hydrogen-bond donors (Lipinski definition) is 1. The smallest absolute Gasteiger partial charge is 0.271 e. The number of aryl methyl sites for hydroxylation is 2. The van der Waals surface area contributed by atoms with Gasteiger partial charge in [0.2, 0.25) is 0 Å². The number of rotatable bonds is 3. The molecule has 2 aromatic heterocycles. The number of amides is 1. The van der Waals surface area contributed by atoms with Crippen LogP contribution in [0.4, 0.5) is 0 Å². The van der Waals surface area contributed by atoms with Gasteiger partial charge in [0, 0.05) is 9.75 Å². The van der Waals surface area contributed by atoms with Gasteiger partial charge in [-0.05, 0) is 30.9 Å². The van der Waals surface area contributed by atoms with Crippen molar-refractivity contribution in [2.75, 3.05) is 0 Å². The molecule has 0 bridgehead atoms. The molecule has 1 amide bonds. The van der Waals surface area contributed by atoms with Crippen molar-refractivity contribution in [2.24, 2.45) is 0 Å². The van der Waals surface area contributed by atoms with E-state index in [-0.39, 0.29) is 16.8 Å². The SMILES string of the molecule is O=C(NCc1cc2c(s1)CCC2)c1cnc(Cl)cn1. The highest BCUT2D eigenvalue weighted by atomic mass is 35.5. The molecular weight excluding hydrogens is 282 g/mol. The molecular formula is C13H12ClN3OS. The molecule has 0 saturated heterocycles. The molecule has 6 heteroatoms. The van der Waals surface area contributed by atoms with Gasteiger partial charge < -0.3 is 5.32 Å². The van der Waals surface area contributed by atoms with Crippen molar-refractivity contribution in [3.8, 4) is 0 Å². The Balaban J connectivity index is 1.62. The van der Waals surface area contributed by atoms with E-state index in [2.05, 4.69) is 21.4 Å². The Morgan fingerprint density at radius 1 is 1.37 bits per heavy atom. The summed E-state index contributed by atoms with van der Waals surface area (Å²) < 4.78 is 0. The van der Waals surface area contributed by atoms with E-state index in [0.29, 0.717) is 6.54 Å². The van der Waals surface area contributed by atoms with Gasteiger partial charge >= 0.3 is 0 Å². The second-order valence-corrected chi connectivity index (χ2v) is 6.03. The van der Waals surface area contributed by atoms with Crippen molar-refractivity contribution in [3.05, 3.63) is 44.6 Å². The maximum atomic E-state index is 11.9. The summed E-state index contributed by atoms with van der Waals surface area (Å²) in [5.74, 6) is -0.224. The highest BCUT2D eigenvalue weighted by Crippen LogP contribution is 2.30. The molecule has 0 atom stereocenters. The summed E-state index contributed by atoms with van der Waals surface area (Å²) >= 11 is 7.42. The lowest BCUT2D eigenvalue weighted by molar-refractivity contribution is 0.0946. The zero-order chi connectivity index (χ0) is 13.2. The summed E-state index contributed by atoms with van der Waals surface area (Å²) in [6.45, 7) is 0.542. The highest BCUT2D eigenvalue weighted by molar-refractivity contribution is 7.12. The van der Waals surface area contributed by atoms with Gasteiger partial charge in [-0.25, -0.2) is 9.97 Å². The van der Waals surface area contributed by atoms with Gasteiger partial charge in [-0.15, -0.1) is 11.3 Å². The average molecular weight is 294 g/mol. The molecule has 1 aliphatic rings. The zero-order valence-electron chi connectivity index (χ0n) is 10.1. The molecule has 2 heterocycles. The van der Waals surface area contributed by atoms with Crippen LogP contribution in [0.2, 0.25) is 5.15 Å². The van der Waals surface area contributed by atoms with Gasteiger partial charge in [0.25, 0.3) is 5.91 Å². The molecule has 1 aliphatic carbocycles. The third-order valence-corrected chi connectivity index (χ3v) is 4.51. The molecule has 3 rings (SSSR count). The van der Waals surface area contributed by atoms with Crippen molar-refractivity contribution in [1.82, 2.24) is 15.3 Å². The Bertz CT molecular complexity index is 587. The molecule has 0 aliphatic heterocycles. The molecule has 2 aromatic rings. The lowest BCUT2D eigenvalue weighted by Gasteiger charge is -2.02. The first-order chi connectivity index (χ1) is 9.22. The summed E-state index contributed by atoms with van der Waals surface area (Å²) in [4.78, 5) is 22.3. The second-order valence-electron chi connectivity index (χ2n) is 4.42. The van der Waals surface area contributed by atoms with Crippen LogP contribution in [-0.4, -0.2) is 15.9 Å². The third kappa shape index (κ3) is 2.77. The number of nitrogens with one attached hydrogen (secondary N) is 1. The van der Waals surface area contributed by atoms with E-state index in [1.54, 1.807) is 11.3 Å². The maximum absolute atomic E-state index is 11.9. The molecule has 0 radical (unpaired) electrons. The lowest BCUT2D eigenvalue weighted by atomic mass is 10.2. The van der Waals surface area contributed by atoms with Gasteiger partial charge in [0.05, 0.1) is 18.9 Å². The van der Waals surface area contributed by atoms with Gasteiger partial charge in [0.15, 0.2) is 0 Å². The number of hydrogen-bond acceptors (Lipinski definition) is 4. The number of thiophene rings is 1. The molecule has 98 valence electrons. The zero-order valence-corrected chi connectivity index (χ0v) is 11.7. The van der Waals surface area contributed by atoms with Gasteiger partial charge in [-0.1, -0.05) is 11.6 Å². The van der Waals surface area contributed by atoms with E-state index in [1.807, 2.05) is 0 Å². The van der Waals surface area contributed by atoms with E-state index in [4.69, 9.17) is 11.6 Å². The number of nitrogens with zero attached hydrogens (tertiary/aromatic N) is 2. The predicted molar refractivity (Wildman–Crippen MR) is 74.6 cm³/mol. The number of carbonyl (C=O) groups excluding carboxylic acids is 1. The molecule has 0 fully saturated rings. The van der Waals surface area contributed by atoms with Crippen LogP contribution in [0, 0.1) is 0 Å². The molecule has 4 nitrogen and oxygen atoms in total. The highest BCUT2D eigenvalue weighted by Gasteiger charge is 2.15. The fourth-order valence-electron chi connectivity index (χ4n) is 2.17. The van der Waals surface area contributed by atoms with Crippen LogP contribution in [0.1, 0.15) is 32.2 Å². The quantitative estimate of drug-likeness (QED) is 0.946. The second kappa shape index (κ2) is 5.27. The van der Waals surface area contributed by atoms with Crippen LogP contribution in [-0.2, 0) is 19.4 Å². The minimum Gasteiger partial charge on any atom is -0.346 e. The first kappa shape index (κ1) is 12.6. The summed E-state index contributed by atoms with van der Waals surface area (Å²) in [7, 11) is 0. The monoisotopic (exact) mass is 293 g/mol. The van der Waals surface area contributed by atoms with Gasteiger partial charge in [-0.3, -0.25) is 4.79 Å². The first-order valence-corrected chi connectivity index (χ1v) is 7.28. The predicted octanol–water partition coefficient (Wildman–Crippen LogP) is 2.61. The van der Waals surface area contributed by atoms with E-state index < -0.39 is 0 Å². The van der Waals surface area contributed by atoms with E-state index in [0.717, 1.165) is 0 Å². The summed E-state index contributed by atoms with van der Waals surface area (Å²) in [5, 5.41) is 3.13. The summed E-state index contributed by atoms with van der Waals surface area (Å²) in [5.41, 5.74) is 1.73. The summed E-state index contributed by atoms with van der Waals surface area (Å²) in [6, 6.07) is 2.20. The van der Waals surface area contributed by atoms with Crippen LogP contribution in [0.5, 0.6) is 0 Å². The summed E-state index contributed by atoms with van der Waals surface area (Å²) in [6.07, 6.45) is 6.36. The van der Waals surface area contributed by atoms with Gasteiger partial charge in [0.1, 0.15) is 10.8 Å². The Morgan fingerprint density at radius 3 is 3.00 bits per heavy atom. The van der Waals surface area contributed by atoms with E-state index in [9.17, 15) is 4.79 Å². The van der Waals surface area contributed by atoms with Crippen LogP contribution in [0.15, 0.2) is 18.5 Å². The minimum atomic E-state index is -0.224. The fraction of sp³-hybridized carbons (Fsp3) is 0.308. The number of halogens is 1.